The lowest BCUT2D eigenvalue weighted by Crippen LogP contribution is -1.99. The molecular weight excluding hydrogens is 340 g/mol. The standard InChI is InChI=1S/C18H15ClN4S/c1-2-23-17(15-9-11-20-12-10-15)21-22-18(23)24-13-3-4-14-5-7-16(19)8-6-14/h5-12H,2,13H2,1H3. The summed E-state index contributed by atoms with van der Waals surface area (Å²) < 4.78 is 2.09. The molecule has 2 aromatic heterocycles. The molecular formula is C18H15ClN4S. The van der Waals surface area contributed by atoms with Gasteiger partial charge in [0.2, 0.25) is 0 Å². The highest BCUT2D eigenvalue weighted by atomic mass is 35.5. The van der Waals surface area contributed by atoms with Crippen LogP contribution in [0.4, 0.5) is 0 Å². The van der Waals surface area contributed by atoms with Crippen molar-refractivity contribution in [2.45, 2.75) is 18.6 Å². The van der Waals surface area contributed by atoms with E-state index >= 15 is 0 Å². The zero-order valence-electron chi connectivity index (χ0n) is 13.1. The fourth-order valence-electron chi connectivity index (χ4n) is 2.17. The van der Waals surface area contributed by atoms with Crippen molar-refractivity contribution in [1.29, 1.82) is 0 Å². The molecule has 0 fully saturated rings. The second-order valence-corrected chi connectivity index (χ2v) is 6.26. The molecule has 0 aliphatic rings. The highest BCUT2D eigenvalue weighted by Gasteiger charge is 2.12. The van der Waals surface area contributed by atoms with E-state index in [1.807, 2.05) is 36.4 Å². The lowest BCUT2D eigenvalue weighted by Gasteiger charge is -2.05. The average Bonchev–Trinajstić information content (AvgIpc) is 3.04. The predicted octanol–water partition coefficient (Wildman–Crippen LogP) is 4.16. The van der Waals surface area contributed by atoms with Crippen molar-refractivity contribution in [3.63, 3.8) is 0 Å². The van der Waals surface area contributed by atoms with Gasteiger partial charge in [0.05, 0.1) is 5.75 Å². The summed E-state index contributed by atoms with van der Waals surface area (Å²) in [7, 11) is 0. The highest BCUT2D eigenvalue weighted by Crippen LogP contribution is 2.23. The van der Waals surface area contributed by atoms with Gasteiger partial charge < -0.3 is 4.57 Å². The molecule has 0 radical (unpaired) electrons. The molecule has 2 heterocycles. The molecule has 1 aromatic carbocycles. The van der Waals surface area contributed by atoms with Crippen molar-refractivity contribution >= 4 is 23.4 Å². The molecule has 0 spiro atoms. The molecule has 0 aliphatic carbocycles. The van der Waals surface area contributed by atoms with Gasteiger partial charge in [-0.05, 0) is 43.3 Å². The van der Waals surface area contributed by atoms with Crippen LogP contribution in [0.5, 0.6) is 0 Å². The van der Waals surface area contributed by atoms with Gasteiger partial charge in [-0.3, -0.25) is 4.98 Å². The molecule has 6 heteroatoms. The number of thioether (sulfide) groups is 1. The van der Waals surface area contributed by atoms with Gasteiger partial charge >= 0.3 is 0 Å². The van der Waals surface area contributed by atoms with Crippen LogP contribution in [-0.4, -0.2) is 25.5 Å². The molecule has 3 rings (SSSR count). The van der Waals surface area contributed by atoms with E-state index in [1.165, 1.54) is 0 Å². The molecule has 4 nitrogen and oxygen atoms in total. The van der Waals surface area contributed by atoms with Crippen LogP contribution in [0.3, 0.4) is 0 Å². The van der Waals surface area contributed by atoms with Gasteiger partial charge in [-0.2, -0.15) is 0 Å². The molecule has 120 valence electrons. The van der Waals surface area contributed by atoms with E-state index in [1.54, 1.807) is 24.2 Å². The first kappa shape index (κ1) is 16.6. The first-order chi connectivity index (χ1) is 11.8. The Bertz CT molecular complexity index is 864. The molecule has 0 amide bonds. The zero-order chi connectivity index (χ0) is 16.8. The van der Waals surface area contributed by atoms with Crippen molar-refractivity contribution < 1.29 is 0 Å². The smallest absolute Gasteiger partial charge is 0.192 e. The Balaban J connectivity index is 1.70. The fraction of sp³-hybridized carbons (Fsp3) is 0.167. The van der Waals surface area contributed by atoms with Gasteiger partial charge in [0.1, 0.15) is 0 Å². The molecule has 0 unspecified atom stereocenters. The van der Waals surface area contributed by atoms with Crippen molar-refractivity contribution in [3.05, 3.63) is 59.4 Å². The summed E-state index contributed by atoms with van der Waals surface area (Å²) in [5.41, 5.74) is 1.97. The minimum absolute atomic E-state index is 0.650. The highest BCUT2D eigenvalue weighted by molar-refractivity contribution is 7.99. The Hall–Kier alpha value is -2.29. The largest absolute Gasteiger partial charge is 0.302 e. The molecule has 24 heavy (non-hydrogen) atoms. The first-order valence-corrected chi connectivity index (χ1v) is 8.85. The van der Waals surface area contributed by atoms with Gasteiger partial charge in [-0.25, -0.2) is 0 Å². The van der Waals surface area contributed by atoms with Gasteiger partial charge in [0.25, 0.3) is 0 Å². The second-order valence-electron chi connectivity index (χ2n) is 4.88. The number of aromatic nitrogens is 4. The number of halogens is 1. The molecule has 0 atom stereocenters. The summed E-state index contributed by atoms with van der Waals surface area (Å²) in [4.78, 5) is 4.04. The summed E-state index contributed by atoms with van der Waals surface area (Å²) >= 11 is 7.45. The summed E-state index contributed by atoms with van der Waals surface area (Å²) in [6.45, 7) is 2.88. The first-order valence-electron chi connectivity index (χ1n) is 7.48. The maximum atomic E-state index is 5.87. The summed E-state index contributed by atoms with van der Waals surface area (Å²) in [5.74, 6) is 7.78. The average molecular weight is 355 g/mol. The van der Waals surface area contributed by atoms with Crippen molar-refractivity contribution in [2.75, 3.05) is 5.75 Å². The van der Waals surface area contributed by atoms with Crippen LogP contribution in [0, 0.1) is 11.8 Å². The lowest BCUT2D eigenvalue weighted by molar-refractivity contribution is 0.688. The van der Waals surface area contributed by atoms with Gasteiger partial charge in [-0.15, -0.1) is 10.2 Å². The third-order valence-corrected chi connectivity index (χ3v) is 4.42. The summed E-state index contributed by atoms with van der Waals surface area (Å²) in [6.07, 6.45) is 3.52. The molecule has 0 bridgehead atoms. The number of pyridine rings is 1. The van der Waals surface area contributed by atoms with E-state index in [0.717, 1.165) is 33.7 Å². The maximum Gasteiger partial charge on any atom is 0.192 e. The Morgan fingerprint density at radius 3 is 2.54 bits per heavy atom. The Morgan fingerprint density at radius 1 is 1.08 bits per heavy atom. The summed E-state index contributed by atoms with van der Waals surface area (Å²) in [5, 5.41) is 10.2. The van der Waals surface area contributed by atoms with Crippen LogP contribution in [0.1, 0.15) is 12.5 Å². The van der Waals surface area contributed by atoms with E-state index in [-0.39, 0.29) is 0 Å². The quantitative estimate of drug-likeness (QED) is 0.521. The lowest BCUT2D eigenvalue weighted by atomic mass is 10.2. The van der Waals surface area contributed by atoms with Crippen molar-refractivity contribution in [2.24, 2.45) is 0 Å². The van der Waals surface area contributed by atoms with Gasteiger partial charge in [-0.1, -0.05) is 35.2 Å². The van der Waals surface area contributed by atoms with Gasteiger partial charge in [0, 0.05) is 35.1 Å². The number of hydrogen-bond donors (Lipinski definition) is 0. The Morgan fingerprint density at radius 2 is 1.83 bits per heavy atom. The van der Waals surface area contributed by atoms with Crippen LogP contribution in [-0.2, 0) is 6.54 Å². The van der Waals surface area contributed by atoms with Crippen LogP contribution < -0.4 is 0 Å². The molecule has 0 aliphatic heterocycles. The topological polar surface area (TPSA) is 43.6 Å². The molecule has 0 saturated carbocycles. The van der Waals surface area contributed by atoms with Crippen LogP contribution >= 0.6 is 23.4 Å². The minimum atomic E-state index is 0.650. The summed E-state index contributed by atoms with van der Waals surface area (Å²) in [6, 6.07) is 11.4. The number of rotatable bonds is 4. The van der Waals surface area contributed by atoms with Crippen LogP contribution in [0.25, 0.3) is 11.4 Å². The van der Waals surface area contributed by atoms with E-state index < -0.39 is 0 Å². The van der Waals surface area contributed by atoms with Gasteiger partial charge in [0.15, 0.2) is 11.0 Å². The zero-order valence-corrected chi connectivity index (χ0v) is 14.7. The number of benzene rings is 1. The van der Waals surface area contributed by atoms with E-state index in [0.29, 0.717) is 5.75 Å². The third kappa shape index (κ3) is 3.97. The van der Waals surface area contributed by atoms with E-state index in [4.69, 9.17) is 11.6 Å². The Labute approximate surface area is 150 Å². The van der Waals surface area contributed by atoms with Crippen LogP contribution in [0.15, 0.2) is 53.9 Å². The van der Waals surface area contributed by atoms with Crippen molar-refractivity contribution in [3.8, 4) is 23.2 Å². The monoisotopic (exact) mass is 354 g/mol. The normalized spacial score (nSPS) is 10.2. The number of nitrogens with zero attached hydrogens (tertiary/aromatic N) is 4. The predicted molar refractivity (Wildman–Crippen MR) is 98.0 cm³/mol. The second kappa shape index (κ2) is 8.00. The van der Waals surface area contributed by atoms with E-state index in [2.05, 4.69) is 38.5 Å². The fourth-order valence-corrected chi connectivity index (χ4v) is 3.04. The Kier molecular flexibility index (Phi) is 5.52. The van der Waals surface area contributed by atoms with Crippen molar-refractivity contribution in [1.82, 2.24) is 19.7 Å². The maximum absolute atomic E-state index is 5.87. The van der Waals surface area contributed by atoms with E-state index in [9.17, 15) is 0 Å². The molecule has 0 saturated heterocycles. The third-order valence-electron chi connectivity index (χ3n) is 3.32. The molecule has 3 aromatic rings. The SMILES string of the molecule is CCn1c(SCC#Cc2ccc(Cl)cc2)nnc1-c1ccncc1. The number of hydrogen-bond acceptors (Lipinski definition) is 4. The molecule has 0 N–H and O–H groups in total. The minimum Gasteiger partial charge on any atom is -0.302 e. The van der Waals surface area contributed by atoms with Crippen LogP contribution in [0.2, 0.25) is 5.02 Å².